The molecule has 150 valence electrons. The first-order valence-electron chi connectivity index (χ1n) is 10.2. The van der Waals surface area contributed by atoms with Gasteiger partial charge in [0.05, 0.1) is 5.75 Å². The summed E-state index contributed by atoms with van der Waals surface area (Å²) in [6.07, 6.45) is 6.68. The molecule has 0 radical (unpaired) electrons. The van der Waals surface area contributed by atoms with Crippen molar-refractivity contribution in [3.8, 4) is 0 Å². The van der Waals surface area contributed by atoms with Crippen LogP contribution < -0.4 is 5.32 Å². The number of aromatic nitrogens is 1. The number of amides is 1. The maximum atomic E-state index is 12.5. The van der Waals surface area contributed by atoms with Gasteiger partial charge in [0.25, 0.3) is 0 Å². The van der Waals surface area contributed by atoms with Gasteiger partial charge in [0.1, 0.15) is 0 Å². The first-order valence-corrected chi connectivity index (χ1v) is 11.2. The fourth-order valence-corrected chi connectivity index (χ4v) is 4.84. The molecular weight excluding hydrogens is 380 g/mol. The van der Waals surface area contributed by atoms with Crippen LogP contribution in [0.3, 0.4) is 0 Å². The highest BCUT2D eigenvalue weighted by molar-refractivity contribution is 8.14. The van der Waals surface area contributed by atoms with Gasteiger partial charge in [-0.1, -0.05) is 35.5 Å². The van der Waals surface area contributed by atoms with Crippen LogP contribution in [0.2, 0.25) is 0 Å². The summed E-state index contributed by atoms with van der Waals surface area (Å²) in [7, 11) is 0. The van der Waals surface area contributed by atoms with E-state index in [4.69, 9.17) is 0 Å². The van der Waals surface area contributed by atoms with E-state index in [1.165, 1.54) is 16.7 Å². The van der Waals surface area contributed by atoms with Crippen molar-refractivity contribution in [2.75, 3.05) is 11.1 Å². The monoisotopic (exact) mass is 406 g/mol. The van der Waals surface area contributed by atoms with E-state index in [1.54, 1.807) is 0 Å². The molecule has 1 amide bonds. The third-order valence-corrected chi connectivity index (χ3v) is 6.48. The largest absolute Gasteiger partial charge is 0.361 e. The van der Waals surface area contributed by atoms with Gasteiger partial charge in [-0.15, -0.1) is 0 Å². The fraction of sp³-hybridized carbons (Fsp3) is 0.333. The zero-order valence-corrected chi connectivity index (χ0v) is 17.5. The summed E-state index contributed by atoms with van der Waals surface area (Å²) in [6.45, 7) is 2.13. The number of H-pyrrole nitrogens is 1. The van der Waals surface area contributed by atoms with Gasteiger partial charge >= 0.3 is 0 Å². The molecule has 0 saturated heterocycles. The summed E-state index contributed by atoms with van der Waals surface area (Å²) in [6, 6.07) is 14.4. The van der Waals surface area contributed by atoms with Crippen LogP contribution in [0.1, 0.15) is 36.0 Å². The zero-order chi connectivity index (χ0) is 20.2. The Bertz CT molecular complexity index is 1040. The van der Waals surface area contributed by atoms with Gasteiger partial charge in [-0.25, -0.2) is 0 Å². The number of fused-ring (bicyclic) bond motifs is 2. The van der Waals surface area contributed by atoms with Gasteiger partial charge in [0.15, 0.2) is 5.12 Å². The first kappa shape index (κ1) is 19.8. The lowest BCUT2D eigenvalue weighted by Gasteiger charge is -2.14. The summed E-state index contributed by atoms with van der Waals surface area (Å²) >= 11 is 1.14. The molecule has 4 nitrogen and oxygen atoms in total. The molecule has 4 rings (SSSR count). The number of thioether (sulfide) groups is 1. The van der Waals surface area contributed by atoms with E-state index >= 15 is 0 Å². The number of carbonyl (C=O) groups is 2. The molecule has 2 N–H and O–H groups in total. The highest BCUT2D eigenvalue weighted by Crippen LogP contribution is 2.29. The summed E-state index contributed by atoms with van der Waals surface area (Å²) < 4.78 is 0. The minimum Gasteiger partial charge on any atom is -0.361 e. The van der Waals surface area contributed by atoms with E-state index in [2.05, 4.69) is 35.4 Å². The van der Waals surface area contributed by atoms with E-state index in [-0.39, 0.29) is 16.8 Å². The number of benzene rings is 2. The summed E-state index contributed by atoms with van der Waals surface area (Å²) in [4.78, 5) is 27.8. The van der Waals surface area contributed by atoms with Crippen molar-refractivity contribution in [2.45, 2.75) is 39.0 Å². The maximum Gasteiger partial charge on any atom is 0.234 e. The Kier molecular flexibility index (Phi) is 6.05. The smallest absolute Gasteiger partial charge is 0.234 e. The molecule has 0 spiro atoms. The van der Waals surface area contributed by atoms with Gasteiger partial charge in [-0.2, -0.15) is 0 Å². The lowest BCUT2D eigenvalue weighted by molar-refractivity contribution is -0.115. The standard InChI is InChI=1S/C24H26N2O2S/c1-16-5-6-19-12-17(3-2-4-18(19)11-16)13-24(28)29-15-23(27)26-21-7-8-22-20(14-21)9-10-25-22/h5-11,14,17,25H,2-4,12-13,15H2,1H3,(H,26,27). The average Bonchev–Trinajstić information content (AvgIpc) is 3.07. The van der Waals surface area contributed by atoms with Crippen LogP contribution in [0.25, 0.3) is 10.9 Å². The van der Waals surface area contributed by atoms with Crippen molar-refractivity contribution in [3.05, 3.63) is 65.4 Å². The zero-order valence-electron chi connectivity index (χ0n) is 16.7. The molecule has 0 bridgehead atoms. The summed E-state index contributed by atoms with van der Waals surface area (Å²) in [5.41, 5.74) is 5.91. The van der Waals surface area contributed by atoms with E-state index in [0.29, 0.717) is 12.3 Å². The number of hydrogen-bond donors (Lipinski definition) is 2. The quantitative estimate of drug-likeness (QED) is 0.568. The van der Waals surface area contributed by atoms with Crippen molar-refractivity contribution in [1.82, 2.24) is 4.98 Å². The van der Waals surface area contributed by atoms with Gasteiger partial charge < -0.3 is 10.3 Å². The molecule has 1 aliphatic carbocycles. The topological polar surface area (TPSA) is 62.0 Å². The number of nitrogens with one attached hydrogen (secondary N) is 2. The molecule has 1 aliphatic rings. The molecule has 29 heavy (non-hydrogen) atoms. The van der Waals surface area contributed by atoms with Crippen LogP contribution in [0, 0.1) is 12.8 Å². The van der Waals surface area contributed by atoms with Crippen LogP contribution in [0.15, 0.2) is 48.7 Å². The Morgan fingerprint density at radius 1 is 1.14 bits per heavy atom. The molecular formula is C24H26N2O2S. The number of aryl methyl sites for hydroxylation is 2. The predicted molar refractivity (Wildman–Crippen MR) is 120 cm³/mol. The SMILES string of the molecule is Cc1ccc2c(c1)CCCC(CC(=O)SCC(=O)Nc1ccc3[nH]ccc3c1)C2. The van der Waals surface area contributed by atoms with Crippen molar-refractivity contribution in [1.29, 1.82) is 0 Å². The van der Waals surface area contributed by atoms with Gasteiger partial charge in [0.2, 0.25) is 5.91 Å². The average molecular weight is 407 g/mol. The van der Waals surface area contributed by atoms with E-state index < -0.39 is 0 Å². The number of rotatable bonds is 5. The molecule has 0 saturated carbocycles. The van der Waals surface area contributed by atoms with Crippen molar-refractivity contribution in [3.63, 3.8) is 0 Å². The van der Waals surface area contributed by atoms with Crippen molar-refractivity contribution in [2.24, 2.45) is 5.92 Å². The molecule has 1 atom stereocenters. The Hall–Kier alpha value is -2.53. The lowest BCUT2D eigenvalue weighted by Crippen LogP contribution is -2.16. The Morgan fingerprint density at radius 3 is 2.93 bits per heavy atom. The Balaban J connectivity index is 1.27. The van der Waals surface area contributed by atoms with Crippen LogP contribution in [0.5, 0.6) is 0 Å². The van der Waals surface area contributed by atoms with Crippen LogP contribution >= 0.6 is 11.8 Å². The van der Waals surface area contributed by atoms with Crippen molar-refractivity contribution >= 4 is 39.4 Å². The van der Waals surface area contributed by atoms with Gasteiger partial charge in [-0.05, 0) is 73.9 Å². The highest BCUT2D eigenvalue weighted by atomic mass is 32.2. The fourth-order valence-electron chi connectivity index (χ4n) is 4.12. The molecule has 1 unspecified atom stereocenters. The van der Waals surface area contributed by atoms with E-state index in [1.807, 2.05) is 30.5 Å². The Labute approximate surface area is 175 Å². The molecule has 0 fully saturated rings. The third kappa shape index (κ3) is 5.10. The predicted octanol–water partition coefficient (Wildman–Crippen LogP) is 5.26. The first-order chi connectivity index (χ1) is 14.1. The summed E-state index contributed by atoms with van der Waals surface area (Å²) in [5.74, 6) is 0.393. The Morgan fingerprint density at radius 2 is 2.03 bits per heavy atom. The number of carbonyl (C=O) groups excluding carboxylic acids is 2. The third-order valence-electron chi connectivity index (χ3n) is 5.59. The van der Waals surface area contributed by atoms with Crippen LogP contribution in [-0.4, -0.2) is 21.8 Å². The number of anilines is 1. The van der Waals surface area contributed by atoms with Crippen molar-refractivity contribution < 1.29 is 9.59 Å². The molecule has 1 heterocycles. The number of hydrogen-bond acceptors (Lipinski definition) is 3. The second-order valence-corrected chi connectivity index (χ2v) is 8.96. The summed E-state index contributed by atoms with van der Waals surface area (Å²) in [5, 5.41) is 4.05. The van der Waals surface area contributed by atoms with Crippen LogP contribution in [0.4, 0.5) is 5.69 Å². The normalized spacial score (nSPS) is 16.2. The van der Waals surface area contributed by atoms with Gasteiger partial charge in [0, 0.05) is 29.2 Å². The molecule has 1 aromatic heterocycles. The lowest BCUT2D eigenvalue weighted by atomic mass is 9.94. The van der Waals surface area contributed by atoms with Gasteiger partial charge in [-0.3, -0.25) is 9.59 Å². The minimum atomic E-state index is -0.139. The molecule has 3 aromatic rings. The molecule has 5 heteroatoms. The van der Waals surface area contributed by atoms with E-state index in [0.717, 1.165) is 54.0 Å². The van der Waals surface area contributed by atoms with Crippen LogP contribution in [-0.2, 0) is 22.4 Å². The second-order valence-electron chi connectivity index (χ2n) is 7.93. The maximum absolute atomic E-state index is 12.5. The number of aromatic amines is 1. The molecule has 2 aromatic carbocycles. The highest BCUT2D eigenvalue weighted by Gasteiger charge is 2.20. The second kappa shape index (κ2) is 8.87. The molecule has 0 aliphatic heterocycles. The van der Waals surface area contributed by atoms with E-state index in [9.17, 15) is 9.59 Å². The minimum absolute atomic E-state index is 0.113.